The van der Waals surface area contributed by atoms with Crippen LogP contribution in [-0.2, 0) is 6.54 Å². The molecule has 0 radical (unpaired) electrons. The second-order valence-electron chi connectivity index (χ2n) is 6.85. The van der Waals surface area contributed by atoms with Gasteiger partial charge in [0.25, 0.3) is 0 Å². The lowest BCUT2D eigenvalue weighted by Gasteiger charge is -2.13. The van der Waals surface area contributed by atoms with Gasteiger partial charge in [-0.25, -0.2) is 4.39 Å². The summed E-state index contributed by atoms with van der Waals surface area (Å²) >= 11 is 1.41. The molecule has 2 heterocycles. The lowest BCUT2D eigenvalue weighted by atomic mass is 10.2. The minimum absolute atomic E-state index is 0.0981. The summed E-state index contributed by atoms with van der Waals surface area (Å²) in [5.41, 5.74) is 1.99. The van der Waals surface area contributed by atoms with Gasteiger partial charge in [0, 0.05) is 23.7 Å². The van der Waals surface area contributed by atoms with Gasteiger partial charge in [-0.05, 0) is 42.0 Å². The Morgan fingerprint density at radius 3 is 2.55 bits per heavy atom. The maximum Gasteiger partial charge on any atom is 0.191 e. The molecule has 1 N–H and O–H groups in total. The van der Waals surface area contributed by atoms with Crippen LogP contribution in [0.4, 0.5) is 4.39 Å². The molecular formula is C23H21FN4O2S. The largest absolute Gasteiger partial charge is 0.491 e. The van der Waals surface area contributed by atoms with Crippen molar-refractivity contribution in [2.24, 2.45) is 0 Å². The molecule has 0 spiro atoms. The first-order chi connectivity index (χ1) is 15.2. The number of rotatable bonds is 9. The summed E-state index contributed by atoms with van der Waals surface area (Å²) in [6.07, 6.45) is 2.75. The Hall–Kier alpha value is -3.23. The molecular weight excluding hydrogens is 415 g/mol. The standard InChI is InChI=1S/C23H21FN4O2S/c24-19-8-10-21(11-9-19)30-15-20(29)16-31-23-27-26-22(18-7-4-12-25-13-18)28(23)14-17-5-2-1-3-6-17/h1-13,20,29H,14-16H2. The monoisotopic (exact) mass is 436 g/mol. The highest BCUT2D eigenvalue weighted by atomic mass is 32.2. The minimum atomic E-state index is -0.723. The smallest absolute Gasteiger partial charge is 0.191 e. The van der Waals surface area contributed by atoms with Gasteiger partial charge in [-0.1, -0.05) is 42.1 Å². The van der Waals surface area contributed by atoms with E-state index in [-0.39, 0.29) is 12.4 Å². The van der Waals surface area contributed by atoms with Crippen molar-refractivity contribution < 1.29 is 14.2 Å². The Morgan fingerprint density at radius 2 is 1.81 bits per heavy atom. The molecule has 0 aliphatic heterocycles. The molecule has 0 saturated heterocycles. The normalized spacial score (nSPS) is 11.9. The Bertz CT molecular complexity index is 1090. The third-order valence-electron chi connectivity index (χ3n) is 4.48. The minimum Gasteiger partial charge on any atom is -0.491 e. The first-order valence-electron chi connectivity index (χ1n) is 9.76. The topological polar surface area (TPSA) is 73.1 Å². The number of aliphatic hydroxyl groups is 1. The molecule has 4 aromatic rings. The van der Waals surface area contributed by atoms with Crippen LogP contribution in [0.3, 0.4) is 0 Å². The quantitative estimate of drug-likeness (QED) is 0.399. The maximum atomic E-state index is 13.0. The molecule has 0 fully saturated rings. The third kappa shape index (κ3) is 5.68. The second kappa shape index (κ2) is 10.2. The van der Waals surface area contributed by atoms with Crippen molar-refractivity contribution in [1.82, 2.24) is 19.7 Å². The Kier molecular flexibility index (Phi) is 6.91. The number of benzene rings is 2. The van der Waals surface area contributed by atoms with E-state index in [0.717, 1.165) is 17.0 Å². The molecule has 0 amide bonds. The molecule has 0 aliphatic carbocycles. The van der Waals surface area contributed by atoms with E-state index >= 15 is 0 Å². The summed E-state index contributed by atoms with van der Waals surface area (Å²) in [4.78, 5) is 4.18. The molecule has 0 saturated carbocycles. The Labute approximate surface area is 183 Å². The second-order valence-corrected chi connectivity index (χ2v) is 7.84. The van der Waals surface area contributed by atoms with Gasteiger partial charge in [-0.2, -0.15) is 0 Å². The average Bonchev–Trinajstić information content (AvgIpc) is 3.21. The van der Waals surface area contributed by atoms with Gasteiger partial charge in [0.2, 0.25) is 0 Å². The number of hydrogen-bond acceptors (Lipinski definition) is 6. The zero-order valence-corrected chi connectivity index (χ0v) is 17.5. The van der Waals surface area contributed by atoms with Gasteiger partial charge in [0.15, 0.2) is 11.0 Å². The summed E-state index contributed by atoms with van der Waals surface area (Å²) < 4.78 is 20.5. The van der Waals surface area contributed by atoms with E-state index in [9.17, 15) is 9.50 Å². The summed E-state index contributed by atoms with van der Waals surface area (Å²) in [7, 11) is 0. The molecule has 1 unspecified atom stereocenters. The van der Waals surface area contributed by atoms with Crippen LogP contribution in [0.15, 0.2) is 84.3 Å². The average molecular weight is 437 g/mol. The van der Waals surface area contributed by atoms with Crippen molar-refractivity contribution in [3.05, 3.63) is 90.5 Å². The van der Waals surface area contributed by atoms with Crippen LogP contribution in [0, 0.1) is 5.82 Å². The van der Waals surface area contributed by atoms with Gasteiger partial charge in [-0.3, -0.25) is 9.55 Å². The van der Waals surface area contributed by atoms with Gasteiger partial charge >= 0.3 is 0 Å². The fraction of sp³-hybridized carbons (Fsp3) is 0.174. The van der Waals surface area contributed by atoms with Gasteiger partial charge in [-0.15, -0.1) is 10.2 Å². The van der Waals surface area contributed by atoms with E-state index in [1.807, 2.05) is 47.0 Å². The van der Waals surface area contributed by atoms with Crippen LogP contribution in [0.5, 0.6) is 5.75 Å². The molecule has 4 rings (SSSR count). The number of aromatic nitrogens is 4. The maximum absolute atomic E-state index is 13.0. The predicted molar refractivity (Wildman–Crippen MR) is 117 cm³/mol. The molecule has 6 nitrogen and oxygen atoms in total. The van der Waals surface area contributed by atoms with E-state index in [0.29, 0.717) is 23.2 Å². The van der Waals surface area contributed by atoms with Crippen LogP contribution in [0.1, 0.15) is 5.56 Å². The Balaban J connectivity index is 1.45. The van der Waals surface area contributed by atoms with Crippen molar-refractivity contribution >= 4 is 11.8 Å². The van der Waals surface area contributed by atoms with Crippen LogP contribution >= 0.6 is 11.8 Å². The first kappa shape index (κ1) is 21.0. The van der Waals surface area contributed by atoms with Crippen molar-refractivity contribution in [2.45, 2.75) is 17.8 Å². The Morgan fingerprint density at radius 1 is 1.00 bits per heavy atom. The van der Waals surface area contributed by atoms with Crippen LogP contribution in [0.2, 0.25) is 0 Å². The van der Waals surface area contributed by atoms with E-state index in [2.05, 4.69) is 15.2 Å². The van der Waals surface area contributed by atoms with Crippen molar-refractivity contribution in [3.8, 4) is 17.1 Å². The molecule has 0 bridgehead atoms. The van der Waals surface area contributed by atoms with Gasteiger partial charge in [0.05, 0.1) is 12.6 Å². The number of thioether (sulfide) groups is 1. The first-order valence-corrected chi connectivity index (χ1v) is 10.7. The zero-order chi connectivity index (χ0) is 21.5. The predicted octanol–water partition coefficient (Wildman–Crippen LogP) is 4.06. The lowest BCUT2D eigenvalue weighted by Crippen LogP contribution is -2.20. The number of aliphatic hydroxyl groups excluding tert-OH is 1. The summed E-state index contributed by atoms with van der Waals surface area (Å²) in [6, 6.07) is 19.6. The van der Waals surface area contributed by atoms with E-state index in [4.69, 9.17) is 4.74 Å². The molecule has 0 aliphatic rings. The van der Waals surface area contributed by atoms with Crippen LogP contribution in [-0.4, -0.2) is 43.3 Å². The lowest BCUT2D eigenvalue weighted by molar-refractivity contribution is 0.126. The van der Waals surface area contributed by atoms with Crippen LogP contribution < -0.4 is 4.74 Å². The zero-order valence-electron chi connectivity index (χ0n) is 16.6. The fourth-order valence-electron chi connectivity index (χ4n) is 2.95. The number of nitrogens with zero attached hydrogens (tertiary/aromatic N) is 4. The number of hydrogen-bond donors (Lipinski definition) is 1. The van der Waals surface area contributed by atoms with Crippen molar-refractivity contribution in [2.75, 3.05) is 12.4 Å². The number of halogens is 1. The highest BCUT2D eigenvalue weighted by molar-refractivity contribution is 7.99. The number of pyridine rings is 1. The van der Waals surface area contributed by atoms with Crippen molar-refractivity contribution in [1.29, 1.82) is 0 Å². The third-order valence-corrected chi connectivity index (χ3v) is 5.59. The molecule has 31 heavy (non-hydrogen) atoms. The number of ether oxygens (including phenoxy) is 1. The highest BCUT2D eigenvalue weighted by Crippen LogP contribution is 2.25. The van der Waals surface area contributed by atoms with Gasteiger partial charge < -0.3 is 9.84 Å². The van der Waals surface area contributed by atoms with Crippen LogP contribution in [0.25, 0.3) is 11.4 Å². The molecule has 1 atom stereocenters. The SMILES string of the molecule is OC(COc1ccc(F)cc1)CSc1nnc(-c2cccnc2)n1Cc1ccccc1. The van der Waals surface area contributed by atoms with Gasteiger partial charge in [0.1, 0.15) is 18.2 Å². The van der Waals surface area contributed by atoms with E-state index in [1.165, 1.54) is 36.0 Å². The summed E-state index contributed by atoms with van der Waals surface area (Å²) in [5.74, 6) is 1.28. The fourth-order valence-corrected chi connectivity index (χ4v) is 3.80. The highest BCUT2D eigenvalue weighted by Gasteiger charge is 2.17. The summed E-state index contributed by atoms with van der Waals surface area (Å²) in [5, 5.41) is 19.8. The van der Waals surface area contributed by atoms with Crippen molar-refractivity contribution in [3.63, 3.8) is 0 Å². The molecule has 2 aromatic carbocycles. The summed E-state index contributed by atoms with van der Waals surface area (Å²) in [6.45, 7) is 0.698. The molecule has 158 valence electrons. The molecule has 2 aromatic heterocycles. The van der Waals surface area contributed by atoms with E-state index < -0.39 is 6.10 Å². The molecule has 8 heteroatoms. The van der Waals surface area contributed by atoms with E-state index in [1.54, 1.807) is 12.4 Å².